The molecule has 1 aliphatic heterocycles. The number of rotatable bonds is 4. The van der Waals surface area contributed by atoms with Crippen LogP contribution in [0.3, 0.4) is 0 Å². The lowest BCUT2D eigenvalue weighted by molar-refractivity contribution is 0.0751. The van der Waals surface area contributed by atoms with Crippen molar-refractivity contribution >= 4 is 44.6 Å². The molecule has 0 unspecified atom stereocenters. The third kappa shape index (κ3) is 3.57. The van der Waals surface area contributed by atoms with Crippen LogP contribution in [0, 0.1) is 0 Å². The van der Waals surface area contributed by atoms with Crippen LogP contribution in [0.5, 0.6) is 0 Å². The van der Waals surface area contributed by atoms with Crippen LogP contribution >= 0.6 is 22.7 Å². The molecule has 0 atom stereocenters. The summed E-state index contributed by atoms with van der Waals surface area (Å²) >= 11 is 3.24. The summed E-state index contributed by atoms with van der Waals surface area (Å²) in [5.74, 6) is 1.08. The predicted molar refractivity (Wildman–Crippen MR) is 122 cm³/mol. The number of anilines is 1. The molecule has 5 rings (SSSR count). The summed E-state index contributed by atoms with van der Waals surface area (Å²) in [6.45, 7) is 5.07. The molecule has 0 spiro atoms. The van der Waals surface area contributed by atoms with E-state index in [2.05, 4.69) is 32.8 Å². The second-order valence-corrected chi connectivity index (χ2v) is 9.34. The number of carbonyl (C=O) groups excluding carboxylic acids is 1. The molecule has 0 N–H and O–H groups in total. The molecule has 4 aromatic rings. The molecule has 0 bridgehead atoms. The summed E-state index contributed by atoms with van der Waals surface area (Å²) in [4.78, 5) is 34.7. The molecule has 8 heteroatoms. The molecule has 1 aliphatic rings. The molecule has 5 heterocycles. The fourth-order valence-electron chi connectivity index (χ4n) is 3.70. The van der Waals surface area contributed by atoms with E-state index in [0.717, 1.165) is 51.0 Å². The van der Waals surface area contributed by atoms with Crippen LogP contribution in [0.1, 0.15) is 21.5 Å². The summed E-state index contributed by atoms with van der Waals surface area (Å²) in [7, 11) is 0. The van der Waals surface area contributed by atoms with Crippen LogP contribution in [-0.4, -0.2) is 51.9 Å². The van der Waals surface area contributed by atoms with Gasteiger partial charge in [0.1, 0.15) is 17.0 Å². The number of aromatic nitrogens is 3. The van der Waals surface area contributed by atoms with E-state index < -0.39 is 0 Å². The maximum absolute atomic E-state index is 13.0. The van der Waals surface area contributed by atoms with Gasteiger partial charge in [-0.3, -0.25) is 9.78 Å². The largest absolute Gasteiger partial charge is 0.352 e. The van der Waals surface area contributed by atoms with Gasteiger partial charge in [0.25, 0.3) is 5.91 Å². The highest BCUT2D eigenvalue weighted by Crippen LogP contribution is 2.31. The Bertz CT molecular complexity index is 1180. The second-order valence-electron chi connectivity index (χ2n) is 7.14. The van der Waals surface area contributed by atoms with Crippen LogP contribution in [-0.2, 0) is 6.42 Å². The molecule has 30 heavy (non-hydrogen) atoms. The van der Waals surface area contributed by atoms with Crippen molar-refractivity contribution in [3.63, 3.8) is 0 Å². The van der Waals surface area contributed by atoms with Gasteiger partial charge in [-0.15, -0.1) is 22.7 Å². The third-order valence-electron chi connectivity index (χ3n) is 5.31. The number of hydrogen-bond acceptors (Lipinski definition) is 7. The highest BCUT2D eigenvalue weighted by Gasteiger charge is 2.25. The molecular weight excluding hydrogens is 414 g/mol. The number of piperazine rings is 1. The van der Waals surface area contributed by atoms with Crippen molar-refractivity contribution in [1.29, 1.82) is 0 Å². The molecular formula is C22H21N5OS2. The average molecular weight is 436 g/mol. The first-order valence-corrected chi connectivity index (χ1v) is 11.6. The molecule has 0 saturated carbocycles. The van der Waals surface area contributed by atoms with Crippen molar-refractivity contribution < 1.29 is 4.79 Å². The Balaban J connectivity index is 1.29. The highest BCUT2D eigenvalue weighted by molar-refractivity contribution is 7.18. The second kappa shape index (κ2) is 8.12. The monoisotopic (exact) mass is 435 g/mol. The molecule has 1 amide bonds. The Hall–Kier alpha value is -2.84. The number of thiophene rings is 2. The molecule has 0 aromatic carbocycles. The van der Waals surface area contributed by atoms with Crippen molar-refractivity contribution in [1.82, 2.24) is 19.9 Å². The zero-order valence-corrected chi connectivity index (χ0v) is 18.2. The zero-order valence-electron chi connectivity index (χ0n) is 16.6. The number of pyridine rings is 1. The fraction of sp³-hybridized carbons (Fsp3) is 0.273. The molecule has 6 nitrogen and oxygen atoms in total. The maximum atomic E-state index is 13.0. The number of hydrogen-bond donors (Lipinski definition) is 0. The minimum absolute atomic E-state index is 0.0958. The maximum Gasteiger partial charge on any atom is 0.264 e. The van der Waals surface area contributed by atoms with Gasteiger partial charge < -0.3 is 9.80 Å². The van der Waals surface area contributed by atoms with Crippen LogP contribution in [0.15, 0.2) is 48.9 Å². The van der Waals surface area contributed by atoms with Crippen molar-refractivity contribution in [2.24, 2.45) is 0 Å². The van der Waals surface area contributed by atoms with E-state index in [1.54, 1.807) is 23.9 Å². The SMILES string of the molecule is CCc1cc2c(N3CCN(C(=O)c4ccc(-c5ccccn5)s4)CC3)ncnc2s1. The van der Waals surface area contributed by atoms with E-state index in [1.807, 2.05) is 35.2 Å². The van der Waals surface area contributed by atoms with E-state index >= 15 is 0 Å². The normalized spacial score (nSPS) is 14.4. The summed E-state index contributed by atoms with van der Waals surface area (Å²) in [5, 5.41) is 1.12. The summed E-state index contributed by atoms with van der Waals surface area (Å²) in [6, 6.07) is 11.9. The van der Waals surface area contributed by atoms with Gasteiger partial charge in [-0.1, -0.05) is 13.0 Å². The van der Waals surface area contributed by atoms with Gasteiger partial charge in [0.15, 0.2) is 0 Å². The number of aryl methyl sites for hydroxylation is 1. The van der Waals surface area contributed by atoms with E-state index in [1.165, 1.54) is 16.2 Å². The number of amides is 1. The topological polar surface area (TPSA) is 62.2 Å². The Morgan fingerprint density at radius 3 is 2.67 bits per heavy atom. The molecule has 0 aliphatic carbocycles. The van der Waals surface area contributed by atoms with Crippen LogP contribution in [0.25, 0.3) is 20.8 Å². The van der Waals surface area contributed by atoms with Crippen molar-refractivity contribution in [3.8, 4) is 10.6 Å². The lowest BCUT2D eigenvalue weighted by atomic mass is 10.2. The minimum atomic E-state index is 0.0958. The number of carbonyl (C=O) groups is 1. The molecule has 1 fully saturated rings. The van der Waals surface area contributed by atoms with Crippen molar-refractivity contribution in [2.75, 3.05) is 31.1 Å². The molecule has 4 aromatic heterocycles. The quantitative estimate of drug-likeness (QED) is 0.477. The van der Waals surface area contributed by atoms with Gasteiger partial charge in [-0.25, -0.2) is 9.97 Å². The van der Waals surface area contributed by atoms with Crippen LogP contribution < -0.4 is 4.90 Å². The minimum Gasteiger partial charge on any atom is -0.352 e. The third-order valence-corrected chi connectivity index (χ3v) is 7.59. The van der Waals surface area contributed by atoms with E-state index in [0.29, 0.717) is 13.1 Å². The first-order valence-electron chi connectivity index (χ1n) is 10.0. The van der Waals surface area contributed by atoms with Crippen molar-refractivity contribution in [2.45, 2.75) is 13.3 Å². The molecule has 0 radical (unpaired) electrons. The smallest absolute Gasteiger partial charge is 0.264 e. The zero-order chi connectivity index (χ0) is 20.5. The van der Waals surface area contributed by atoms with Gasteiger partial charge in [-0.2, -0.15) is 0 Å². The Morgan fingerprint density at radius 2 is 1.90 bits per heavy atom. The van der Waals surface area contributed by atoms with Crippen molar-refractivity contribution in [3.05, 3.63) is 58.7 Å². The van der Waals surface area contributed by atoms with E-state index in [9.17, 15) is 4.79 Å². The summed E-state index contributed by atoms with van der Waals surface area (Å²) in [6.07, 6.45) is 4.43. The molecule has 1 saturated heterocycles. The summed E-state index contributed by atoms with van der Waals surface area (Å²) in [5.41, 5.74) is 0.904. The Kier molecular flexibility index (Phi) is 5.18. The first kappa shape index (κ1) is 19.1. The average Bonchev–Trinajstić information content (AvgIpc) is 3.46. The predicted octanol–water partition coefficient (Wildman–Crippen LogP) is 4.34. The summed E-state index contributed by atoms with van der Waals surface area (Å²) < 4.78 is 0. The lowest BCUT2D eigenvalue weighted by Crippen LogP contribution is -2.49. The lowest BCUT2D eigenvalue weighted by Gasteiger charge is -2.35. The first-order chi connectivity index (χ1) is 14.7. The molecule has 152 valence electrons. The van der Waals surface area contributed by atoms with Gasteiger partial charge >= 0.3 is 0 Å². The van der Waals surface area contributed by atoms with Crippen LogP contribution in [0.2, 0.25) is 0 Å². The number of nitrogens with zero attached hydrogens (tertiary/aromatic N) is 5. The van der Waals surface area contributed by atoms with Gasteiger partial charge in [0, 0.05) is 37.3 Å². The highest BCUT2D eigenvalue weighted by atomic mass is 32.1. The van der Waals surface area contributed by atoms with E-state index in [-0.39, 0.29) is 5.91 Å². The fourth-order valence-corrected chi connectivity index (χ4v) is 5.58. The van der Waals surface area contributed by atoms with Crippen LogP contribution in [0.4, 0.5) is 5.82 Å². The number of fused-ring (bicyclic) bond motifs is 1. The Labute approximate surface area is 182 Å². The van der Waals surface area contributed by atoms with E-state index in [4.69, 9.17) is 0 Å². The van der Waals surface area contributed by atoms with Gasteiger partial charge in [-0.05, 0) is 36.8 Å². The van der Waals surface area contributed by atoms with Gasteiger partial charge in [0.05, 0.1) is 20.8 Å². The standard InChI is InChI=1S/C22H21N5OS2/c1-2-15-13-16-20(24-14-25-21(16)29-15)26-9-11-27(12-10-26)22(28)19-7-6-18(30-19)17-5-3-4-8-23-17/h3-8,13-14H,2,9-12H2,1H3. The van der Waals surface area contributed by atoms with Gasteiger partial charge in [0.2, 0.25) is 0 Å². The Morgan fingerprint density at radius 1 is 1.03 bits per heavy atom.